The minimum atomic E-state index is -0.0486. The summed E-state index contributed by atoms with van der Waals surface area (Å²) in [5, 5.41) is 0. The molecule has 2 rings (SSSR count). The Morgan fingerprint density at radius 1 is 0.500 bits per heavy atom. The van der Waals surface area contributed by atoms with Crippen LogP contribution < -0.4 is 11.5 Å². The van der Waals surface area contributed by atoms with Crippen molar-refractivity contribution < 1.29 is 8.83 Å². The highest BCUT2D eigenvalue weighted by Gasteiger charge is 2.16. The summed E-state index contributed by atoms with van der Waals surface area (Å²) in [6.45, 7) is 4.53. The molecule has 0 aliphatic carbocycles. The first-order valence-electron chi connectivity index (χ1n) is 14.4. The van der Waals surface area contributed by atoms with Gasteiger partial charge in [0.05, 0.1) is 12.1 Å². The van der Waals surface area contributed by atoms with Gasteiger partial charge in [-0.3, -0.25) is 0 Å². The summed E-state index contributed by atoms with van der Waals surface area (Å²) < 4.78 is 12.1. The zero-order valence-electron chi connectivity index (χ0n) is 22.2. The summed E-state index contributed by atoms with van der Waals surface area (Å²) in [7, 11) is 0. The quantitative estimate of drug-likeness (QED) is 0.177. The monoisotopic (exact) mass is 472 g/mol. The van der Waals surface area contributed by atoms with Crippen LogP contribution in [0.2, 0.25) is 0 Å². The Labute approximate surface area is 209 Å². The molecular weight excluding hydrogens is 420 g/mol. The van der Waals surface area contributed by atoms with Gasteiger partial charge in [0.2, 0.25) is 0 Å². The van der Waals surface area contributed by atoms with Crippen LogP contribution in [0, 0.1) is 0 Å². The lowest BCUT2D eigenvalue weighted by atomic mass is 10.0. The molecule has 0 saturated heterocycles. The molecule has 0 aliphatic heterocycles. The molecule has 0 bridgehead atoms. The molecule has 2 aromatic heterocycles. The number of unbranched alkanes of at least 4 members (excludes halogenated alkanes) is 14. The molecule has 0 unspecified atom stereocenters. The first kappa shape index (κ1) is 28.7. The van der Waals surface area contributed by atoms with E-state index in [2.05, 4.69) is 13.8 Å². The predicted molar refractivity (Wildman–Crippen MR) is 145 cm³/mol. The van der Waals surface area contributed by atoms with E-state index >= 15 is 0 Å². The van der Waals surface area contributed by atoms with Crippen LogP contribution in [0.4, 0.5) is 0 Å². The molecule has 4 heteroatoms. The van der Waals surface area contributed by atoms with Crippen LogP contribution in [0.15, 0.2) is 33.1 Å². The van der Waals surface area contributed by atoms with Crippen LogP contribution in [0.3, 0.4) is 0 Å². The van der Waals surface area contributed by atoms with Crippen molar-refractivity contribution in [2.45, 2.75) is 142 Å². The van der Waals surface area contributed by atoms with Gasteiger partial charge in [0, 0.05) is 0 Å². The number of hydrogen-bond donors (Lipinski definition) is 2. The lowest BCUT2D eigenvalue weighted by Gasteiger charge is -2.09. The van der Waals surface area contributed by atoms with E-state index in [0.29, 0.717) is 0 Å². The molecule has 0 spiro atoms. The number of rotatable bonds is 21. The molecule has 194 valence electrons. The smallest absolute Gasteiger partial charge is 0.169 e. The zero-order valence-corrected chi connectivity index (χ0v) is 22.2. The molecule has 0 radical (unpaired) electrons. The Morgan fingerprint density at radius 2 is 0.824 bits per heavy atom. The van der Waals surface area contributed by atoms with Crippen molar-refractivity contribution in [3.8, 4) is 11.5 Å². The highest BCUT2D eigenvalue weighted by molar-refractivity contribution is 5.50. The molecule has 0 amide bonds. The summed E-state index contributed by atoms with van der Waals surface area (Å²) in [5.74, 6) is 3.18. The van der Waals surface area contributed by atoms with E-state index in [4.69, 9.17) is 20.3 Å². The molecule has 2 atom stereocenters. The average molecular weight is 473 g/mol. The van der Waals surface area contributed by atoms with E-state index in [-0.39, 0.29) is 12.1 Å². The van der Waals surface area contributed by atoms with E-state index < -0.39 is 0 Å². The van der Waals surface area contributed by atoms with Gasteiger partial charge < -0.3 is 20.3 Å². The first-order valence-corrected chi connectivity index (χ1v) is 14.4. The zero-order chi connectivity index (χ0) is 24.4. The van der Waals surface area contributed by atoms with Gasteiger partial charge in [0.25, 0.3) is 0 Å². The van der Waals surface area contributed by atoms with Crippen LogP contribution in [0.5, 0.6) is 0 Å². The van der Waals surface area contributed by atoms with Crippen molar-refractivity contribution >= 4 is 0 Å². The van der Waals surface area contributed by atoms with Gasteiger partial charge in [-0.1, -0.05) is 117 Å². The predicted octanol–water partition coefficient (Wildman–Crippen LogP) is 9.60. The van der Waals surface area contributed by atoms with E-state index in [1.807, 2.05) is 24.3 Å². The Balaban J connectivity index is 1.65. The minimum Gasteiger partial charge on any atom is -0.456 e. The molecule has 0 fully saturated rings. The molecule has 2 aromatic rings. The SMILES string of the molecule is CCCCCCCCCC[C@@H](N)c1ccc(-c2ccc([C@H](N)CCCCCCCCCC)o2)o1. The summed E-state index contributed by atoms with van der Waals surface area (Å²) in [4.78, 5) is 0. The van der Waals surface area contributed by atoms with E-state index in [1.54, 1.807) is 0 Å². The average Bonchev–Trinajstić information content (AvgIpc) is 3.52. The van der Waals surface area contributed by atoms with Crippen molar-refractivity contribution in [1.29, 1.82) is 0 Å². The molecule has 0 aromatic carbocycles. The summed E-state index contributed by atoms with van der Waals surface area (Å²) in [5.41, 5.74) is 12.8. The topological polar surface area (TPSA) is 78.3 Å². The van der Waals surface area contributed by atoms with Crippen LogP contribution >= 0.6 is 0 Å². The molecule has 0 saturated carbocycles. The van der Waals surface area contributed by atoms with Crippen LogP contribution in [0.25, 0.3) is 11.5 Å². The summed E-state index contributed by atoms with van der Waals surface area (Å²) >= 11 is 0. The first-order chi connectivity index (χ1) is 16.7. The third-order valence-corrected chi connectivity index (χ3v) is 6.96. The number of nitrogens with two attached hydrogens (primary N) is 2. The van der Waals surface area contributed by atoms with Gasteiger partial charge in [-0.25, -0.2) is 0 Å². The van der Waals surface area contributed by atoms with Gasteiger partial charge in [-0.15, -0.1) is 0 Å². The van der Waals surface area contributed by atoms with Crippen molar-refractivity contribution in [3.05, 3.63) is 35.8 Å². The van der Waals surface area contributed by atoms with Gasteiger partial charge >= 0.3 is 0 Å². The maximum Gasteiger partial charge on any atom is 0.169 e. The standard InChI is InChI=1S/C30H52N2O2/c1-3-5-7-9-11-13-15-17-19-25(31)27-21-23-29(33-27)30-24-22-28(34-30)26(32)20-18-16-14-12-10-8-6-4-2/h21-26H,3-20,31-32H2,1-2H3/t25-,26-/m1/s1. The fourth-order valence-corrected chi connectivity index (χ4v) is 4.65. The highest BCUT2D eigenvalue weighted by Crippen LogP contribution is 2.30. The van der Waals surface area contributed by atoms with Crippen molar-refractivity contribution in [1.82, 2.24) is 0 Å². The second kappa shape index (κ2) is 17.8. The fraction of sp³-hybridized carbons (Fsp3) is 0.733. The molecule has 2 heterocycles. The lowest BCUT2D eigenvalue weighted by Crippen LogP contribution is -2.09. The molecular formula is C30H52N2O2. The Morgan fingerprint density at radius 3 is 1.18 bits per heavy atom. The van der Waals surface area contributed by atoms with Crippen LogP contribution in [-0.2, 0) is 0 Å². The molecule has 4 nitrogen and oxygen atoms in total. The minimum absolute atomic E-state index is 0.0486. The number of hydrogen-bond acceptors (Lipinski definition) is 4. The maximum absolute atomic E-state index is 6.39. The summed E-state index contributed by atoms with van der Waals surface area (Å²) in [6.07, 6.45) is 22.9. The van der Waals surface area contributed by atoms with Crippen molar-refractivity contribution in [2.75, 3.05) is 0 Å². The third kappa shape index (κ3) is 11.3. The van der Waals surface area contributed by atoms with Gasteiger partial charge in [-0.05, 0) is 37.1 Å². The Bertz CT molecular complexity index is 674. The molecule has 34 heavy (non-hydrogen) atoms. The lowest BCUT2D eigenvalue weighted by molar-refractivity contribution is 0.417. The second-order valence-corrected chi connectivity index (χ2v) is 10.1. The van der Waals surface area contributed by atoms with E-state index in [0.717, 1.165) is 48.7 Å². The number of furan rings is 2. The van der Waals surface area contributed by atoms with E-state index in [1.165, 1.54) is 89.9 Å². The normalized spacial score (nSPS) is 13.4. The van der Waals surface area contributed by atoms with E-state index in [9.17, 15) is 0 Å². The Hall–Kier alpha value is -1.52. The summed E-state index contributed by atoms with van der Waals surface area (Å²) in [6, 6.07) is 7.83. The second-order valence-electron chi connectivity index (χ2n) is 10.1. The third-order valence-electron chi connectivity index (χ3n) is 6.96. The fourth-order valence-electron chi connectivity index (χ4n) is 4.65. The van der Waals surface area contributed by atoms with Gasteiger partial charge in [0.15, 0.2) is 11.5 Å². The molecule has 0 aliphatic rings. The largest absolute Gasteiger partial charge is 0.456 e. The maximum atomic E-state index is 6.39. The van der Waals surface area contributed by atoms with Crippen LogP contribution in [0.1, 0.15) is 153 Å². The Kier molecular flexibility index (Phi) is 15.1. The van der Waals surface area contributed by atoms with Crippen molar-refractivity contribution in [3.63, 3.8) is 0 Å². The van der Waals surface area contributed by atoms with Crippen LogP contribution in [-0.4, -0.2) is 0 Å². The van der Waals surface area contributed by atoms with Gasteiger partial charge in [0.1, 0.15) is 11.5 Å². The molecule has 4 N–H and O–H groups in total. The van der Waals surface area contributed by atoms with Gasteiger partial charge in [-0.2, -0.15) is 0 Å². The van der Waals surface area contributed by atoms with Crippen molar-refractivity contribution in [2.24, 2.45) is 11.5 Å². The highest BCUT2D eigenvalue weighted by atomic mass is 16.4.